The monoisotopic (exact) mass is 504 g/mol. The third kappa shape index (κ3) is 5.18. The number of hydrogen-bond acceptors (Lipinski definition) is 8. The van der Waals surface area contributed by atoms with E-state index in [9.17, 15) is 4.79 Å². The number of aromatic nitrogens is 2. The Morgan fingerprint density at radius 3 is 2.54 bits per heavy atom. The van der Waals surface area contributed by atoms with E-state index in [1.54, 1.807) is 11.0 Å². The molecule has 2 unspecified atom stereocenters. The van der Waals surface area contributed by atoms with Gasteiger partial charge in [0.15, 0.2) is 17.3 Å². The number of rotatable bonds is 6. The molecule has 3 aromatic rings. The molecule has 35 heavy (non-hydrogen) atoms. The molecule has 4 rings (SSSR count). The summed E-state index contributed by atoms with van der Waals surface area (Å²) in [6.45, 7) is 3.38. The lowest BCUT2D eigenvalue weighted by atomic mass is 10.0. The molecule has 0 saturated carbocycles. The van der Waals surface area contributed by atoms with Crippen molar-refractivity contribution in [3.63, 3.8) is 0 Å². The average Bonchev–Trinajstić information content (AvgIpc) is 2.84. The minimum absolute atomic E-state index is 0. The van der Waals surface area contributed by atoms with Gasteiger partial charge in [0.25, 0.3) is 0 Å². The second kappa shape index (κ2) is 10.9. The zero-order valence-electron chi connectivity index (χ0n) is 19.9. The molecule has 1 amide bonds. The molecule has 0 radical (unpaired) electrons. The van der Waals surface area contributed by atoms with E-state index >= 15 is 4.39 Å². The van der Waals surface area contributed by atoms with Crippen molar-refractivity contribution >= 4 is 41.0 Å². The van der Waals surface area contributed by atoms with E-state index in [0.717, 1.165) is 5.56 Å². The van der Waals surface area contributed by atoms with Gasteiger partial charge in [-0.1, -0.05) is 30.3 Å². The highest BCUT2D eigenvalue weighted by atomic mass is 35.5. The lowest BCUT2D eigenvalue weighted by Crippen LogP contribution is -2.54. The molecule has 9 nitrogen and oxygen atoms in total. The Labute approximate surface area is 209 Å². The number of anilines is 2. The summed E-state index contributed by atoms with van der Waals surface area (Å²) in [6, 6.07) is 10.7. The Morgan fingerprint density at radius 1 is 1.20 bits per heavy atom. The maximum Gasteiger partial charge on any atom is 0.228 e. The third-order valence-corrected chi connectivity index (χ3v) is 6.15. The van der Waals surface area contributed by atoms with Gasteiger partial charge < -0.3 is 30.7 Å². The van der Waals surface area contributed by atoms with Crippen molar-refractivity contribution in [2.75, 3.05) is 44.5 Å². The van der Waals surface area contributed by atoms with Crippen LogP contribution in [0.2, 0.25) is 0 Å². The van der Waals surface area contributed by atoms with Gasteiger partial charge in [0.1, 0.15) is 11.3 Å². The number of methoxy groups -OCH3 is 2. The summed E-state index contributed by atoms with van der Waals surface area (Å²) < 4.78 is 25.5. The van der Waals surface area contributed by atoms with Gasteiger partial charge in [-0.2, -0.15) is 4.98 Å². The minimum atomic E-state index is -0.663. The Bertz CT molecular complexity index is 1200. The minimum Gasteiger partial charge on any atom is -0.493 e. The molecule has 1 aliphatic heterocycles. The van der Waals surface area contributed by atoms with E-state index in [-0.39, 0.29) is 59.7 Å². The SMILES string of the molecule is COc1cc2c(N)nc(N3CCN(C(=O)CC(N)c4ccccc4)CC3C)nc2c(F)c1OC.Cl. The molecule has 1 fully saturated rings. The standard InChI is InChI=1S/C24H29FN6O3.ClH/c1-14-13-30(19(32)12-17(26)15-7-5-4-6-8-15)9-10-31(14)24-28-21-16(23(27)29-24)11-18(33-2)22(34-3)20(21)25;/h4-8,11,14,17H,9-10,12-13,26H2,1-3H3,(H2,27,28,29);1H. The summed E-state index contributed by atoms with van der Waals surface area (Å²) in [5.74, 6) is -0.0636. The Balaban J connectivity index is 0.00000342. The first kappa shape index (κ1) is 26.2. The van der Waals surface area contributed by atoms with Crippen LogP contribution in [0.3, 0.4) is 0 Å². The average molecular weight is 505 g/mol. The van der Waals surface area contributed by atoms with Crippen molar-refractivity contribution in [2.45, 2.75) is 25.4 Å². The number of ether oxygens (including phenoxy) is 2. The van der Waals surface area contributed by atoms with E-state index in [1.807, 2.05) is 42.2 Å². The smallest absolute Gasteiger partial charge is 0.228 e. The van der Waals surface area contributed by atoms with Gasteiger partial charge in [-0.15, -0.1) is 12.4 Å². The van der Waals surface area contributed by atoms with Crippen LogP contribution in [0.5, 0.6) is 11.5 Å². The van der Waals surface area contributed by atoms with Crippen molar-refractivity contribution in [3.8, 4) is 11.5 Å². The number of carbonyl (C=O) groups excluding carboxylic acids is 1. The zero-order valence-corrected chi connectivity index (χ0v) is 20.7. The van der Waals surface area contributed by atoms with Crippen LogP contribution in [0.4, 0.5) is 16.2 Å². The highest BCUT2D eigenvalue weighted by molar-refractivity contribution is 5.92. The van der Waals surface area contributed by atoms with Crippen molar-refractivity contribution in [3.05, 3.63) is 47.8 Å². The molecular formula is C24H30ClFN6O3. The van der Waals surface area contributed by atoms with Gasteiger partial charge in [0.05, 0.1) is 14.2 Å². The molecular weight excluding hydrogens is 475 g/mol. The summed E-state index contributed by atoms with van der Waals surface area (Å²) in [6.07, 6.45) is 0.225. The second-order valence-electron chi connectivity index (χ2n) is 8.33. The van der Waals surface area contributed by atoms with Crippen LogP contribution in [0.1, 0.15) is 24.9 Å². The number of nitrogen functional groups attached to an aromatic ring is 1. The molecule has 2 atom stereocenters. The maximum atomic E-state index is 15.1. The van der Waals surface area contributed by atoms with Gasteiger partial charge in [0, 0.05) is 43.5 Å². The molecule has 1 aliphatic rings. The summed E-state index contributed by atoms with van der Waals surface area (Å²) in [7, 11) is 2.78. The van der Waals surface area contributed by atoms with Crippen molar-refractivity contribution in [2.24, 2.45) is 5.73 Å². The Kier molecular flexibility index (Phi) is 8.18. The lowest BCUT2D eigenvalue weighted by molar-refractivity contribution is -0.132. The van der Waals surface area contributed by atoms with Gasteiger partial charge >= 0.3 is 0 Å². The molecule has 188 valence electrons. The second-order valence-corrected chi connectivity index (χ2v) is 8.33. The van der Waals surface area contributed by atoms with Crippen LogP contribution in [0, 0.1) is 5.82 Å². The van der Waals surface area contributed by atoms with E-state index in [2.05, 4.69) is 9.97 Å². The van der Waals surface area contributed by atoms with Crippen LogP contribution in [-0.4, -0.2) is 60.7 Å². The van der Waals surface area contributed by atoms with Crippen molar-refractivity contribution in [1.82, 2.24) is 14.9 Å². The number of nitrogens with two attached hydrogens (primary N) is 2. The van der Waals surface area contributed by atoms with Crippen LogP contribution >= 0.6 is 12.4 Å². The summed E-state index contributed by atoms with van der Waals surface area (Å²) in [4.78, 5) is 25.5. The number of piperazine rings is 1. The molecule has 0 aliphatic carbocycles. The number of nitrogens with zero attached hydrogens (tertiary/aromatic N) is 4. The Morgan fingerprint density at radius 2 is 1.91 bits per heavy atom. The molecule has 2 heterocycles. The van der Waals surface area contributed by atoms with Crippen LogP contribution in [-0.2, 0) is 4.79 Å². The van der Waals surface area contributed by atoms with Crippen LogP contribution < -0.4 is 25.8 Å². The number of hydrogen-bond donors (Lipinski definition) is 2. The van der Waals surface area contributed by atoms with E-state index in [4.69, 9.17) is 20.9 Å². The molecule has 11 heteroatoms. The van der Waals surface area contributed by atoms with Crippen LogP contribution in [0.25, 0.3) is 10.9 Å². The van der Waals surface area contributed by atoms with Gasteiger partial charge in [-0.3, -0.25) is 4.79 Å². The Hall–Kier alpha value is -3.37. The molecule has 0 bridgehead atoms. The highest BCUT2D eigenvalue weighted by Gasteiger charge is 2.30. The van der Waals surface area contributed by atoms with E-state index in [0.29, 0.717) is 31.0 Å². The summed E-state index contributed by atoms with van der Waals surface area (Å²) in [5.41, 5.74) is 13.4. The van der Waals surface area contributed by atoms with E-state index < -0.39 is 5.82 Å². The number of fused-ring (bicyclic) bond motifs is 1. The van der Waals surface area contributed by atoms with Crippen molar-refractivity contribution < 1.29 is 18.7 Å². The first-order valence-electron chi connectivity index (χ1n) is 11.1. The van der Waals surface area contributed by atoms with Gasteiger partial charge in [0.2, 0.25) is 11.9 Å². The molecule has 4 N–H and O–H groups in total. The zero-order chi connectivity index (χ0) is 24.4. The normalized spacial score (nSPS) is 16.5. The van der Waals surface area contributed by atoms with Gasteiger partial charge in [-0.05, 0) is 18.6 Å². The first-order valence-corrected chi connectivity index (χ1v) is 11.1. The molecule has 1 saturated heterocycles. The molecule has 1 aromatic heterocycles. The van der Waals surface area contributed by atoms with Crippen molar-refractivity contribution in [1.29, 1.82) is 0 Å². The maximum absolute atomic E-state index is 15.1. The topological polar surface area (TPSA) is 120 Å². The number of carbonyl (C=O) groups is 1. The fraction of sp³-hybridized carbons (Fsp3) is 0.375. The fourth-order valence-electron chi connectivity index (χ4n) is 4.28. The summed E-state index contributed by atoms with van der Waals surface area (Å²) >= 11 is 0. The number of amides is 1. The van der Waals surface area contributed by atoms with E-state index in [1.165, 1.54) is 14.2 Å². The highest BCUT2D eigenvalue weighted by Crippen LogP contribution is 2.37. The molecule has 0 spiro atoms. The first-order chi connectivity index (χ1) is 16.3. The third-order valence-electron chi connectivity index (χ3n) is 6.15. The number of benzene rings is 2. The van der Waals surface area contributed by atoms with Crippen LogP contribution in [0.15, 0.2) is 36.4 Å². The molecule has 2 aromatic carbocycles. The summed E-state index contributed by atoms with van der Waals surface area (Å²) in [5, 5.41) is 0.343. The predicted molar refractivity (Wildman–Crippen MR) is 136 cm³/mol. The lowest BCUT2D eigenvalue weighted by Gasteiger charge is -2.40. The van der Waals surface area contributed by atoms with Gasteiger partial charge in [-0.25, -0.2) is 9.37 Å². The largest absolute Gasteiger partial charge is 0.493 e. The number of halogens is 2. The predicted octanol–water partition coefficient (Wildman–Crippen LogP) is 2.92. The quantitative estimate of drug-likeness (QED) is 0.525. The fourth-order valence-corrected chi connectivity index (χ4v) is 4.28.